The molecule has 0 radical (unpaired) electrons. The Balaban J connectivity index is 1.79. The summed E-state index contributed by atoms with van der Waals surface area (Å²) in [6.45, 7) is 12.3. The number of hydrogen-bond acceptors (Lipinski definition) is 5. The van der Waals surface area contributed by atoms with Crippen molar-refractivity contribution in [3.8, 4) is 0 Å². The lowest BCUT2D eigenvalue weighted by atomic mass is 9.52. The van der Waals surface area contributed by atoms with Crippen molar-refractivity contribution >= 4 is 18.1 Å². The molecule has 3 saturated carbocycles. The number of carbonyl (C=O) groups excluding carboxylic acids is 1. The molecule has 184 valence electrons. The Hall–Kier alpha value is -2.31. The highest BCUT2D eigenvalue weighted by molar-refractivity contribution is 6.11. The second-order valence-electron chi connectivity index (χ2n) is 11.8. The number of carboxylic acids is 1. The number of nitrogens with one attached hydrogen (secondary N) is 3. The van der Waals surface area contributed by atoms with Gasteiger partial charge in [0.15, 0.2) is 0 Å². The molecular formula is C26H41N3O4. The SMILES string of the molecule is CC(C)CO/C(N/C=C/C(C)(C)C(=O)O)=C(/C=N)C(=O)N[C@@H]1C2CC(C)C[C@]3(C)CC1C3C2. The monoisotopic (exact) mass is 459 g/mol. The summed E-state index contributed by atoms with van der Waals surface area (Å²) in [7, 11) is 0. The highest BCUT2D eigenvalue weighted by Crippen LogP contribution is 2.66. The van der Waals surface area contributed by atoms with E-state index < -0.39 is 11.4 Å². The molecule has 3 aliphatic rings. The lowest BCUT2D eigenvalue weighted by molar-refractivity contribution is -0.144. The number of rotatable bonds is 10. The van der Waals surface area contributed by atoms with E-state index in [-0.39, 0.29) is 29.3 Å². The number of amides is 1. The average Bonchev–Trinajstić information content (AvgIpc) is 2.93. The van der Waals surface area contributed by atoms with Gasteiger partial charge in [-0.2, -0.15) is 0 Å². The van der Waals surface area contributed by atoms with Gasteiger partial charge in [0.1, 0.15) is 5.57 Å². The minimum Gasteiger partial charge on any atom is -0.481 e. The predicted molar refractivity (Wildman–Crippen MR) is 128 cm³/mol. The van der Waals surface area contributed by atoms with Gasteiger partial charge in [-0.05, 0) is 74.5 Å². The maximum Gasteiger partial charge on any atom is 0.312 e. The second-order valence-corrected chi connectivity index (χ2v) is 11.8. The number of carbonyl (C=O) groups is 2. The molecule has 0 aromatic carbocycles. The third-order valence-corrected chi connectivity index (χ3v) is 7.92. The molecule has 4 N–H and O–H groups in total. The van der Waals surface area contributed by atoms with Gasteiger partial charge >= 0.3 is 5.97 Å². The minimum atomic E-state index is -1.07. The molecule has 0 heterocycles. The molecule has 33 heavy (non-hydrogen) atoms. The van der Waals surface area contributed by atoms with Crippen molar-refractivity contribution in [2.45, 2.75) is 73.3 Å². The van der Waals surface area contributed by atoms with E-state index in [1.165, 1.54) is 25.1 Å². The first-order chi connectivity index (χ1) is 15.4. The third kappa shape index (κ3) is 5.28. The quantitative estimate of drug-likeness (QED) is 0.221. The molecule has 7 heteroatoms. The summed E-state index contributed by atoms with van der Waals surface area (Å²) < 4.78 is 5.85. The van der Waals surface area contributed by atoms with Crippen molar-refractivity contribution in [3.63, 3.8) is 0 Å². The van der Waals surface area contributed by atoms with E-state index in [0.717, 1.165) is 19.1 Å². The number of hydrogen-bond donors (Lipinski definition) is 4. The van der Waals surface area contributed by atoms with Crippen LogP contribution in [0, 0.1) is 45.8 Å². The van der Waals surface area contributed by atoms with Crippen LogP contribution in [0.4, 0.5) is 0 Å². The van der Waals surface area contributed by atoms with Crippen molar-refractivity contribution in [1.29, 1.82) is 5.41 Å². The molecule has 3 aliphatic carbocycles. The van der Waals surface area contributed by atoms with Crippen molar-refractivity contribution in [2.24, 2.45) is 40.4 Å². The van der Waals surface area contributed by atoms with E-state index in [0.29, 0.717) is 35.7 Å². The van der Waals surface area contributed by atoms with Crippen molar-refractivity contribution in [3.05, 3.63) is 23.7 Å². The van der Waals surface area contributed by atoms with Crippen LogP contribution in [0.5, 0.6) is 0 Å². The third-order valence-electron chi connectivity index (χ3n) is 7.92. The molecule has 3 fully saturated rings. The van der Waals surface area contributed by atoms with Crippen LogP contribution in [0.1, 0.15) is 67.2 Å². The lowest BCUT2D eigenvalue weighted by Crippen LogP contribution is -2.53. The van der Waals surface area contributed by atoms with Crippen molar-refractivity contribution in [1.82, 2.24) is 10.6 Å². The van der Waals surface area contributed by atoms with Crippen LogP contribution in [-0.2, 0) is 14.3 Å². The van der Waals surface area contributed by atoms with Gasteiger partial charge in [-0.1, -0.05) is 33.8 Å². The molecule has 0 aromatic heterocycles. The fourth-order valence-electron chi connectivity index (χ4n) is 6.25. The van der Waals surface area contributed by atoms with Crippen LogP contribution < -0.4 is 10.6 Å². The van der Waals surface area contributed by atoms with E-state index in [9.17, 15) is 14.7 Å². The fraction of sp³-hybridized carbons (Fsp3) is 0.731. The zero-order valence-electron chi connectivity index (χ0n) is 20.9. The van der Waals surface area contributed by atoms with E-state index in [2.05, 4.69) is 24.5 Å². The Morgan fingerprint density at radius 2 is 1.97 bits per heavy atom. The summed E-state index contributed by atoms with van der Waals surface area (Å²) in [6, 6.07) is 0.140. The van der Waals surface area contributed by atoms with Crippen LogP contribution in [0.3, 0.4) is 0 Å². The first-order valence-electron chi connectivity index (χ1n) is 12.2. The molecule has 2 bridgehead atoms. The summed E-state index contributed by atoms with van der Waals surface area (Å²) in [5, 5.41) is 23.4. The standard InChI is InChI=1S/C26H41N3O4/c1-15(2)14-33-23(28-8-7-25(4,5)24(31)32)19(13-27)22(30)29-21-17-9-16(3)11-26(6)12-18(21)20(26)10-17/h7-8,13,15-18,20-21,27-28H,9-12,14H2,1-6H3,(H,29,30)(H,31,32)/b8-7+,23-19-,27-13?/t16?,17?,18?,20?,21-,26-/m1/s1. The molecule has 0 saturated heterocycles. The number of carboxylic acid groups (broad SMARTS) is 1. The Kier molecular flexibility index (Phi) is 7.30. The molecule has 4 unspecified atom stereocenters. The van der Waals surface area contributed by atoms with Gasteiger partial charge in [0.25, 0.3) is 5.91 Å². The van der Waals surface area contributed by atoms with E-state index in [1.54, 1.807) is 13.8 Å². The second kappa shape index (κ2) is 9.51. The molecule has 1 amide bonds. The van der Waals surface area contributed by atoms with Crippen LogP contribution in [0.2, 0.25) is 0 Å². The highest BCUT2D eigenvalue weighted by atomic mass is 16.5. The lowest BCUT2D eigenvalue weighted by Gasteiger charge is -2.54. The first kappa shape index (κ1) is 25.3. The molecule has 6 atom stereocenters. The number of aliphatic carboxylic acids is 1. The summed E-state index contributed by atoms with van der Waals surface area (Å²) in [5.41, 5.74) is -0.535. The Morgan fingerprint density at radius 1 is 1.27 bits per heavy atom. The van der Waals surface area contributed by atoms with Gasteiger partial charge in [0.2, 0.25) is 5.88 Å². The van der Waals surface area contributed by atoms with Gasteiger partial charge in [-0.15, -0.1) is 0 Å². The number of fused-ring (bicyclic) bond motifs is 1. The Labute approximate surface area is 197 Å². The first-order valence-corrected chi connectivity index (χ1v) is 12.2. The average molecular weight is 460 g/mol. The molecule has 0 aliphatic heterocycles. The topological polar surface area (TPSA) is 112 Å². The zero-order chi connectivity index (χ0) is 24.6. The molecular weight excluding hydrogens is 418 g/mol. The highest BCUT2D eigenvalue weighted by Gasteiger charge is 2.61. The van der Waals surface area contributed by atoms with E-state index in [4.69, 9.17) is 10.1 Å². The van der Waals surface area contributed by atoms with E-state index >= 15 is 0 Å². The zero-order valence-corrected chi connectivity index (χ0v) is 20.9. The molecule has 0 aromatic rings. The molecule has 0 spiro atoms. The number of ether oxygens (including phenoxy) is 1. The Bertz CT molecular complexity index is 846. The van der Waals surface area contributed by atoms with Crippen molar-refractivity contribution < 1.29 is 19.4 Å². The normalized spacial score (nSPS) is 33.7. The maximum atomic E-state index is 13.3. The summed E-state index contributed by atoms with van der Waals surface area (Å²) in [6.07, 6.45) is 8.78. The smallest absolute Gasteiger partial charge is 0.312 e. The summed E-state index contributed by atoms with van der Waals surface area (Å²) in [4.78, 5) is 24.7. The summed E-state index contributed by atoms with van der Waals surface area (Å²) >= 11 is 0. The predicted octanol–water partition coefficient (Wildman–Crippen LogP) is 4.31. The minimum absolute atomic E-state index is 0.128. The van der Waals surface area contributed by atoms with Crippen LogP contribution in [0.15, 0.2) is 23.7 Å². The van der Waals surface area contributed by atoms with Crippen LogP contribution in [-0.4, -0.2) is 35.8 Å². The van der Waals surface area contributed by atoms with Gasteiger partial charge in [-0.25, -0.2) is 0 Å². The van der Waals surface area contributed by atoms with Gasteiger partial charge in [-0.3, -0.25) is 9.59 Å². The van der Waals surface area contributed by atoms with Gasteiger partial charge in [0.05, 0.1) is 12.0 Å². The van der Waals surface area contributed by atoms with Crippen LogP contribution in [0.25, 0.3) is 0 Å². The van der Waals surface area contributed by atoms with E-state index in [1.807, 2.05) is 13.8 Å². The maximum absolute atomic E-state index is 13.3. The Morgan fingerprint density at radius 3 is 2.58 bits per heavy atom. The molecule has 3 rings (SSSR count). The summed E-state index contributed by atoms with van der Waals surface area (Å²) in [5.74, 6) is 1.50. The van der Waals surface area contributed by atoms with Crippen molar-refractivity contribution in [2.75, 3.05) is 6.61 Å². The largest absolute Gasteiger partial charge is 0.481 e. The van der Waals surface area contributed by atoms with Gasteiger partial charge in [0, 0.05) is 18.5 Å². The van der Waals surface area contributed by atoms with Crippen LogP contribution >= 0.6 is 0 Å². The fourth-order valence-corrected chi connectivity index (χ4v) is 6.25. The van der Waals surface area contributed by atoms with Gasteiger partial charge < -0.3 is 25.9 Å². The molecule has 7 nitrogen and oxygen atoms in total.